The van der Waals surface area contributed by atoms with E-state index in [4.69, 9.17) is 0 Å². The Kier molecular flexibility index (Phi) is 4.70. The minimum atomic E-state index is -0.390. The van der Waals surface area contributed by atoms with Crippen molar-refractivity contribution in [1.29, 1.82) is 0 Å². The molecule has 2 nitrogen and oxygen atoms in total. The van der Waals surface area contributed by atoms with Crippen molar-refractivity contribution in [1.82, 2.24) is 4.90 Å². The first-order valence-electron chi connectivity index (χ1n) is 10.0. The van der Waals surface area contributed by atoms with E-state index in [0.717, 1.165) is 19.5 Å². The molecule has 144 valence electrons. The molecule has 29 heavy (non-hydrogen) atoms. The van der Waals surface area contributed by atoms with Gasteiger partial charge in [0.2, 0.25) is 0 Å². The van der Waals surface area contributed by atoms with Crippen LogP contribution in [0.25, 0.3) is 0 Å². The predicted molar refractivity (Wildman–Crippen MR) is 119 cm³/mol. The number of aromatic hydroxyl groups is 1. The zero-order valence-electron chi connectivity index (χ0n) is 16.2. The van der Waals surface area contributed by atoms with Gasteiger partial charge in [-0.1, -0.05) is 91.0 Å². The summed E-state index contributed by atoms with van der Waals surface area (Å²) < 4.78 is 0. The summed E-state index contributed by atoms with van der Waals surface area (Å²) >= 11 is 1.52. The lowest BCUT2D eigenvalue weighted by Crippen LogP contribution is -2.49. The summed E-state index contributed by atoms with van der Waals surface area (Å²) in [4.78, 5) is 3.88. The first kappa shape index (κ1) is 18.2. The molecule has 0 radical (unpaired) electrons. The summed E-state index contributed by atoms with van der Waals surface area (Å²) in [6.45, 7) is 1.75. The first-order chi connectivity index (χ1) is 14.3. The van der Waals surface area contributed by atoms with Gasteiger partial charge in [-0.2, -0.15) is 0 Å². The molecule has 1 N–H and O–H groups in total. The van der Waals surface area contributed by atoms with E-state index in [-0.39, 0.29) is 5.54 Å². The second-order valence-electron chi connectivity index (χ2n) is 7.51. The van der Waals surface area contributed by atoms with E-state index in [1.165, 1.54) is 38.5 Å². The first-order valence-corrected chi connectivity index (χ1v) is 10.8. The average Bonchev–Trinajstić information content (AvgIpc) is 3.16. The number of thiophene rings is 1. The van der Waals surface area contributed by atoms with Gasteiger partial charge in [-0.05, 0) is 34.7 Å². The van der Waals surface area contributed by atoms with Crippen LogP contribution in [0.5, 0.6) is 5.06 Å². The molecule has 0 amide bonds. The van der Waals surface area contributed by atoms with Crippen molar-refractivity contribution in [2.75, 3.05) is 6.54 Å². The molecule has 4 aromatic rings. The second kappa shape index (κ2) is 7.51. The Morgan fingerprint density at radius 2 is 1.21 bits per heavy atom. The maximum Gasteiger partial charge on any atom is 0.171 e. The minimum absolute atomic E-state index is 0.390. The molecule has 5 rings (SSSR count). The van der Waals surface area contributed by atoms with Crippen LogP contribution in [0.3, 0.4) is 0 Å². The highest BCUT2D eigenvalue weighted by Gasteiger charge is 2.43. The number of nitrogens with zero attached hydrogens (tertiary/aromatic N) is 1. The molecule has 0 spiro atoms. The topological polar surface area (TPSA) is 23.5 Å². The number of hydrogen-bond donors (Lipinski definition) is 1. The van der Waals surface area contributed by atoms with Crippen LogP contribution >= 0.6 is 11.3 Å². The molecule has 0 aliphatic carbocycles. The monoisotopic (exact) mass is 397 g/mol. The summed E-state index contributed by atoms with van der Waals surface area (Å²) in [5.41, 5.74) is 4.64. The second-order valence-corrected chi connectivity index (χ2v) is 8.63. The molecule has 3 heteroatoms. The molecule has 1 aliphatic heterocycles. The van der Waals surface area contributed by atoms with E-state index in [0.29, 0.717) is 5.06 Å². The van der Waals surface area contributed by atoms with E-state index < -0.39 is 0 Å². The van der Waals surface area contributed by atoms with Crippen LogP contribution < -0.4 is 0 Å². The SMILES string of the molecule is Oc1cc2c(s1)CCN(C(c1ccccc1)(c1ccccc1)c1ccccc1)C2. The Morgan fingerprint density at radius 3 is 1.69 bits per heavy atom. The van der Waals surface area contributed by atoms with Crippen molar-refractivity contribution in [2.45, 2.75) is 18.5 Å². The third kappa shape index (κ3) is 3.07. The third-order valence-electron chi connectivity index (χ3n) is 5.90. The molecule has 3 aromatic carbocycles. The van der Waals surface area contributed by atoms with Crippen LogP contribution in [0, 0.1) is 0 Å². The number of rotatable bonds is 4. The summed E-state index contributed by atoms with van der Waals surface area (Å²) in [6.07, 6.45) is 0.953. The van der Waals surface area contributed by atoms with Crippen molar-refractivity contribution in [3.05, 3.63) is 124 Å². The highest BCUT2D eigenvalue weighted by atomic mass is 32.1. The minimum Gasteiger partial charge on any atom is -0.499 e. The fourth-order valence-electron chi connectivity index (χ4n) is 4.69. The molecule has 0 fully saturated rings. The molecule has 1 aromatic heterocycles. The van der Waals surface area contributed by atoms with Crippen LogP contribution in [0.4, 0.5) is 0 Å². The highest BCUT2D eigenvalue weighted by molar-refractivity contribution is 7.13. The van der Waals surface area contributed by atoms with Crippen LogP contribution in [0.2, 0.25) is 0 Å². The maximum atomic E-state index is 10.1. The number of hydrogen-bond acceptors (Lipinski definition) is 3. The van der Waals surface area contributed by atoms with Gasteiger partial charge in [-0.15, -0.1) is 11.3 Å². The molecule has 0 unspecified atom stereocenters. The van der Waals surface area contributed by atoms with Crippen molar-refractivity contribution in [3.63, 3.8) is 0 Å². The summed E-state index contributed by atoms with van der Waals surface area (Å²) in [6, 6.07) is 34.4. The molecule has 0 saturated heterocycles. The van der Waals surface area contributed by atoms with Gasteiger partial charge in [-0.25, -0.2) is 0 Å². The van der Waals surface area contributed by atoms with E-state index in [1.54, 1.807) is 0 Å². The van der Waals surface area contributed by atoms with E-state index >= 15 is 0 Å². The lowest BCUT2D eigenvalue weighted by atomic mass is 9.74. The Hall–Kier alpha value is -2.88. The Bertz CT molecular complexity index is 993. The van der Waals surface area contributed by atoms with Gasteiger partial charge in [0, 0.05) is 18.0 Å². The van der Waals surface area contributed by atoms with Crippen LogP contribution in [-0.2, 0) is 18.5 Å². The largest absolute Gasteiger partial charge is 0.499 e. The molecular weight excluding hydrogens is 374 g/mol. The van der Waals surface area contributed by atoms with Crippen molar-refractivity contribution in [2.24, 2.45) is 0 Å². The quantitative estimate of drug-likeness (QED) is 0.440. The van der Waals surface area contributed by atoms with E-state index in [2.05, 4.69) is 95.9 Å². The lowest BCUT2D eigenvalue weighted by molar-refractivity contribution is 0.140. The highest BCUT2D eigenvalue weighted by Crippen LogP contribution is 2.45. The van der Waals surface area contributed by atoms with Crippen LogP contribution in [0.1, 0.15) is 27.1 Å². The summed E-state index contributed by atoms with van der Waals surface area (Å²) in [5, 5.41) is 10.5. The standard InChI is InChI=1S/C26H23NOS/c28-25-18-20-19-27(17-16-24(20)29-25)26(21-10-4-1-5-11-21,22-12-6-2-7-13-22)23-14-8-3-9-15-23/h1-15,18,28H,16-17,19H2. The summed E-state index contributed by atoms with van der Waals surface area (Å²) in [5.74, 6) is 0. The predicted octanol–water partition coefficient (Wildman–Crippen LogP) is 5.80. The van der Waals surface area contributed by atoms with Crippen molar-refractivity contribution in [3.8, 4) is 5.06 Å². The number of fused-ring (bicyclic) bond motifs is 1. The third-order valence-corrected chi connectivity index (χ3v) is 6.94. The normalized spacial score (nSPS) is 14.5. The fourth-order valence-corrected chi connectivity index (χ4v) is 5.59. The fraction of sp³-hybridized carbons (Fsp3) is 0.154. The van der Waals surface area contributed by atoms with Gasteiger partial charge in [0.05, 0.1) is 5.54 Å². The number of benzene rings is 3. The average molecular weight is 398 g/mol. The van der Waals surface area contributed by atoms with Crippen molar-refractivity contribution >= 4 is 11.3 Å². The Morgan fingerprint density at radius 1 is 0.724 bits per heavy atom. The summed E-state index contributed by atoms with van der Waals surface area (Å²) in [7, 11) is 0. The molecule has 0 saturated carbocycles. The van der Waals surface area contributed by atoms with Gasteiger partial charge in [0.1, 0.15) is 0 Å². The molecular formula is C26H23NOS. The molecule has 1 aliphatic rings. The zero-order valence-corrected chi connectivity index (χ0v) is 17.0. The van der Waals surface area contributed by atoms with Gasteiger partial charge >= 0.3 is 0 Å². The van der Waals surface area contributed by atoms with Gasteiger partial charge < -0.3 is 5.11 Å². The Balaban J connectivity index is 1.77. The van der Waals surface area contributed by atoms with E-state index in [1.807, 2.05) is 6.07 Å². The Labute approximate surface area is 175 Å². The zero-order chi connectivity index (χ0) is 19.7. The van der Waals surface area contributed by atoms with Crippen molar-refractivity contribution < 1.29 is 5.11 Å². The van der Waals surface area contributed by atoms with Crippen LogP contribution in [0.15, 0.2) is 97.1 Å². The van der Waals surface area contributed by atoms with Crippen LogP contribution in [-0.4, -0.2) is 16.6 Å². The van der Waals surface area contributed by atoms with Gasteiger partial charge in [-0.3, -0.25) is 4.90 Å². The molecule has 0 atom stereocenters. The lowest BCUT2D eigenvalue weighted by Gasteiger charge is -2.47. The van der Waals surface area contributed by atoms with E-state index in [9.17, 15) is 5.11 Å². The smallest absolute Gasteiger partial charge is 0.171 e. The van der Waals surface area contributed by atoms with Gasteiger partial charge in [0.25, 0.3) is 0 Å². The maximum absolute atomic E-state index is 10.1. The molecule has 0 bridgehead atoms. The molecule has 2 heterocycles. The van der Waals surface area contributed by atoms with Gasteiger partial charge in [0.15, 0.2) is 5.06 Å².